The second kappa shape index (κ2) is 9.34. The second-order valence-corrected chi connectivity index (χ2v) is 9.63. The molecule has 6 nitrogen and oxygen atoms in total. The molecule has 1 aromatic carbocycles. The molecular weight excluding hydrogens is 386 g/mol. The van der Waals surface area contributed by atoms with E-state index in [1.807, 2.05) is 47.8 Å². The van der Waals surface area contributed by atoms with Crippen LogP contribution in [0.3, 0.4) is 0 Å². The first-order valence-corrected chi connectivity index (χ1v) is 11.5. The topological polar surface area (TPSA) is 72.9 Å². The third kappa shape index (κ3) is 6.05. The number of hydrogen-bond donors (Lipinski definition) is 0. The van der Waals surface area contributed by atoms with Gasteiger partial charge in [-0.15, -0.1) is 11.3 Å². The van der Waals surface area contributed by atoms with Gasteiger partial charge in [-0.3, -0.25) is 4.79 Å². The first-order chi connectivity index (χ1) is 13.0. The zero-order valence-corrected chi connectivity index (χ0v) is 16.6. The highest BCUT2D eigenvalue weighted by Gasteiger charge is 2.34. The van der Waals surface area contributed by atoms with Crippen LogP contribution in [-0.2, 0) is 25.9 Å². The van der Waals surface area contributed by atoms with E-state index >= 15 is 0 Å². The van der Waals surface area contributed by atoms with Gasteiger partial charge in [-0.05, 0) is 30.0 Å². The van der Waals surface area contributed by atoms with Gasteiger partial charge in [0.2, 0.25) is 5.91 Å². The summed E-state index contributed by atoms with van der Waals surface area (Å²) in [5, 5.41) is 1.95. The SMILES string of the molecule is O=C(COCCOc1ccccc1)N(Cc1cccs1)C1CCS(=O)(=O)C1. The van der Waals surface area contributed by atoms with Crippen LogP contribution >= 0.6 is 11.3 Å². The third-order valence-corrected chi connectivity index (χ3v) is 6.95. The molecular formula is C19H23NO5S2. The van der Waals surface area contributed by atoms with Crippen molar-refractivity contribution in [2.45, 2.75) is 19.0 Å². The minimum absolute atomic E-state index is 0.0290. The Morgan fingerprint density at radius 2 is 1.96 bits per heavy atom. The molecule has 1 aromatic heterocycles. The highest BCUT2D eigenvalue weighted by atomic mass is 32.2. The maximum absolute atomic E-state index is 12.7. The maximum atomic E-state index is 12.7. The number of hydrogen-bond acceptors (Lipinski definition) is 6. The summed E-state index contributed by atoms with van der Waals surface area (Å²) in [4.78, 5) is 15.3. The van der Waals surface area contributed by atoms with Gasteiger partial charge in [-0.25, -0.2) is 8.42 Å². The van der Waals surface area contributed by atoms with Gasteiger partial charge in [0.1, 0.15) is 19.0 Å². The Hall–Kier alpha value is -1.90. The Morgan fingerprint density at radius 3 is 2.63 bits per heavy atom. The summed E-state index contributed by atoms with van der Waals surface area (Å²) in [6.45, 7) is 0.969. The molecule has 146 valence electrons. The van der Waals surface area contributed by atoms with Crippen LogP contribution in [0.5, 0.6) is 5.75 Å². The molecule has 2 aromatic rings. The number of para-hydroxylation sites is 1. The highest BCUT2D eigenvalue weighted by Crippen LogP contribution is 2.22. The van der Waals surface area contributed by atoms with E-state index in [1.165, 1.54) is 0 Å². The van der Waals surface area contributed by atoms with Gasteiger partial charge in [0.05, 0.1) is 24.7 Å². The van der Waals surface area contributed by atoms with E-state index in [0.717, 1.165) is 10.6 Å². The van der Waals surface area contributed by atoms with E-state index in [9.17, 15) is 13.2 Å². The van der Waals surface area contributed by atoms with Crippen molar-refractivity contribution in [1.29, 1.82) is 0 Å². The molecule has 1 saturated heterocycles. The predicted octanol–water partition coefficient (Wildman–Crippen LogP) is 2.36. The van der Waals surface area contributed by atoms with Crippen molar-refractivity contribution < 1.29 is 22.7 Å². The van der Waals surface area contributed by atoms with Crippen molar-refractivity contribution in [1.82, 2.24) is 4.90 Å². The van der Waals surface area contributed by atoms with Crippen LogP contribution in [0.4, 0.5) is 0 Å². The molecule has 3 rings (SSSR count). The van der Waals surface area contributed by atoms with Gasteiger partial charge < -0.3 is 14.4 Å². The van der Waals surface area contributed by atoms with E-state index in [-0.39, 0.29) is 36.7 Å². The van der Waals surface area contributed by atoms with E-state index in [4.69, 9.17) is 9.47 Å². The third-order valence-electron chi connectivity index (χ3n) is 4.34. The number of rotatable bonds is 9. The fourth-order valence-corrected chi connectivity index (χ4v) is 5.42. The van der Waals surface area contributed by atoms with Gasteiger partial charge in [0.25, 0.3) is 0 Å². The zero-order chi connectivity index (χ0) is 19.1. The number of carbonyl (C=O) groups excluding carboxylic acids is 1. The number of thiophene rings is 1. The normalized spacial score (nSPS) is 18.3. The van der Waals surface area contributed by atoms with E-state index in [1.54, 1.807) is 16.2 Å². The Morgan fingerprint density at radius 1 is 1.15 bits per heavy atom. The summed E-state index contributed by atoms with van der Waals surface area (Å²) in [6.07, 6.45) is 0.483. The van der Waals surface area contributed by atoms with E-state index < -0.39 is 9.84 Å². The predicted molar refractivity (Wildman–Crippen MR) is 105 cm³/mol. The van der Waals surface area contributed by atoms with Crippen molar-refractivity contribution >= 4 is 27.1 Å². The van der Waals surface area contributed by atoms with Gasteiger partial charge >= 0.3 is 0 Å². The molecule has 1 aliphatic heterocycles. The first kappa shape index (κ1) is 19.9. The lowest BCUT2D eigenvalue weighted by atomic mass is 10.2. The average Bonchev–Trinajstić information content (AvgIpc) is 3.29. The summed E-state index contributed by atoms with van der Waals surface area (Å²) in [6, 6.07) is 13.0. The molecule has 1 amide bonds. The lowest BCUT2D eigenvalue weighted by Crippen LogP contribution is -2.42. The zero-order valence-electron chi connectivity index (χ0n) is 15.0. The molecule has 0 N–H and O–H groups in total. The standard InChI is InChI=1S/C19H23NO5S2/c21-19(14-24-9-10-25-17-5-2-1-3-6-17)20(13-18-7-4-11-26-18)16-8-12-27(22,23)15-16/h1-7,11,16H,8-10,12-15H2. The highest BCUT2D eigenvalue weighted by molar-refractivity contribution is 7.91. The van der Waals surface area contributed by atoms with Gasteiger partial charge in [0.15, 0.2) is 9.84 Å². The molecule has 0 aliphatic carbocycles. The summed E-state index contributed by atoms with van der Waals surface area (Å²) in [7, 11) is -3.06. The summed E-state index contributed by atoms with van der Waals surface area (Å²) >= 11 is 1.55. The van der Waals surface area contributed by atoms with Crippen LogP contribution in [0, 0.1) is 0 Å². The molecule has 0 spiro atoms. The Kier molecular flexibility index (Phi) is 6.87. The number of benzene rings is 1. The van der Waals surface area contributed by atoms with Crippen LogP contribution in [0.2, 0.25) is 0 Å². The molecule has 27 heavy (non-hydrogen) atoms. The minimum Gasteiger partial charge on any atom is -0.491 e. The lowest BCUT2D eigenvalue weighted by Gasteiger charge is -2.27. The molecule has 0 radical (unpaired) electrons. The van der Waals surface area contributed by atoms with Crippen molar-refractivity contribution in [3.05, 3.63) is 52.7 Å². The number of nitrogens with zero attached hydrogens (tertiary/aromatic N) is 1. The van der Waals surface area contributed by atoms with Gasteiger partial charge in [-0.1, -0.05) is 24.3 Å². The second-order valence-electron chi connectivity index (χ2n) is 6.37. The summed E-state index contributed by atoms with van der Waals surface area (Å²) in [5.41, 5.74) is 0. The Balaban J connectivity index is 1.50. The van der Waals surface area contributed by atoms with Crippen molar-refractivity contribution in [2.75, 3.05) is 31.3 Å². The Labute approximate surface area is 163 Å². The van der Waals surface area contributed by atoms with Crippen LogP contribution in [0.1, 0.15) is 11.3 Å². The Bertz CT molecular complexity index is 821. The molecule has 1 atom stereocenters. The molecule has 1 fully saturated rings. The molecule has 1 unspecified atom stereocenters. The molecule has 0 bridgehead atoms. The number of amides is 1. The summed E-state index contributed by atoms with van der Waals surface area (Å²) < 4.78 is 34.6. The van der Waals surface area contributed by atoms with E-state index in [2.05, 4.69) is 0 Å². The van der Waals surface area contributed by atoms with Crippen LogP contribution < -0.4 is 4.74 Å². The number of ether oxygens (including phenoxy) is 2. The van der Waals surface area contributed by atoms with E-state index in [0.29, 0.717) is 19.6 Å². The summed E-state index contributed by atoms with van der Waals surface area (Å²) in [5.74, 6) is 0.729. The van der Waals surface area contributed by atoms with Gasteiger partial charge in [0, 0.05) is 10.9 Å². The largest absolute Gasteiger partial charge is 0.491 e. The average molecular weight is 410 g/mol. The van der Waals surface area contributed by atoms with Crippen LogP contribution in [-0.4, -0.2) is 56.6 Å². The van der Waals surface area contributed by atoms with Crippen LogP contribution in [0.15, 0.2) is 47.8 Å². The molecule has 1 aliphatic rings. The first-order valence-electron chi connectivity index (χ1n) is 8.81. The van der Waals surface area contributed by atoms with Crippen LogP contribution in [0.25, 0.3) is 0 Å². The minimum atomic E-state index is -3.06. The van der Waals surface area contributed by atoms with Crippen molar-refractivity contribution in [2.24, 2.45) is 0 Å². The fraction of sp³-hybridized carbons (Fsp3) is 0.421. The molecule has 0 saturated carbocycles. The van der Waals surface area contributed by atoms with Gasteiger partial charge in [-0.2, -0.15) is 0 Å². The fourth-order valence-electron chi connectivity index (χ4n) is 2.99. The monoisotopic (exact) mass is 409 g/mol. The molecule has 2 heterocycles. The van der Waals surface area contributed by atoms with Crippen molar-refractivity contribution in [3.8, 4) is 5.75 Å². The quantitative estimate of drug-likeness (QED) is 0.595. The van der Waals surface area contributed by atoms with Crippen molar-refractivity contribution in [3.63, 3.8) is 0 Å². The lowest BCUT2D eigenvalue weighted by molar-refractivity contribution is -0.138. The smallest absolute Gasteiger partial charge is 0.249 e. The molecule has 8 heteroatoms. The number of sulfone groups is 1. The maximum Gasteiger partial charge on any atom is 0.249 e. The number of carbonyl (C=O) groups is 1.